The number of benzene rings is 1. The van der Waals surface area contributed by atoms with Crippen molar-refractivity contribution in [3.05, 3.63) is 42.2 Å². The van der Waals surface area contributed by atoms with Crippen LogP contribution in [-0.2, 0) is 0 Å². The number of hydrogen-bond acceptors (Lipinski definition) is 3. The van der Waals surface area contributed by atoms with Crippen molar-refractivity contribution in [1.82, 2.24) is 4.98 Å². The van der Waals surface area contributed by atoms with Crippen molar-refractivity contribution >= 4 is 16.6 Å². The molecule has 2 rings (SSSR count). The van der Waals surface area contributed by atoms with Crippen molar-refractivity contribution in [2.45, 2.75) is 25.9 Å². The minimum absolute atomic E-state index is 0.239. The third-order valence-electron chi connectivity index (χ3n) is 3.10. The molecule has 0 saturated carbocycles. The standard InChI is InChI=1S/C14H15NO2/c1-3-14(2,17)13(16)12-6-4-5-10-9-15-8-7-11(10)12/h4-9,17H,3H2,1-2H3. The van der Waals surface area contributed by atoms with Crippen LogP contribution < -0.4 is 0 Å². The molecule has 1 heterocycles. The summed E-state index contributed by atoms with van der Waals surface area (Å²) in [6, 6.07) is 7.26. The van der Waals surface area contributed by atoms with E-state index in [1.165, 1.54) is 0 Å². The molecule has 0 saturated heterocycles. The predicted molar refractivity (Wildman–Crippen MR) is 67.0 cm³/mol. The summed E-state index contributed by atoms with van der Waals surface area (Å²) >= 11 is 0. The molecule has 0 fully saturated rings. The monoisotopic (exact) mass is 229 g/mol. The first-order valence-corrected chi connectivity index (χ1v) is 5.66. The summed E-state index contributed by atoms with van der Waals surface area (Å²) in [6.45, 7) is 3.35. The molecule has 0 aliphatic heterocycles. The fraction of sp³-hybridized carbons (Fsp3) is 0.286. The van der Waals surface area contributed by atoms with Crippen LogP contribution in [0.15, 0.2) is 36.7 Å². The normalized spacial score (nSPS) is 14.5. The van der Waals surface area contributed by atoms with Crippen molar-refractivity contribution < 1.29 is 9.90 Å². The summed E-state index contributed by atoms with van der Waals surface area (Å²) in [7, 11) is 0. The number of nitrogens with zero attached hydrogens (tertiary/aromatic N) is 1. The van der Waals surface area contributed by atoms with Gasteiger partial charge >= 0.3 is 0 Å². The summed E-state index contributed by atoms with van der Waals surface area (Å²) in [5, 5.41) is 11.8. The zero-order chi connectivity index (χ0) is 12.5. The van der Waals surface area contributed by atoms with E-state index in [1.54, 1.807) is 38.4 Å². The van der Waals surface area contributed by atoms with E-state index in [2.05, 4.69) is 4.98 Å². The lowest BCUT2D eigenvalue weighted by Gasteiger charge is -2.20. The van der Waals surface area contributed by atoms with Gasteiger partial charge < -0.3 is 5.11 Å². The Labute approximate surface area is 100 Å². The Bertz CT molecular complexity index is 556. The highest BCUT2D eigenvalue weighted by molar-refractivity contribution is 6.11. The van der Waals surface area contributed by atoms with Gasteiger partial charge in [0, 0.05) is 23.3 Å². The van der Waals surface area contributed by atoms with Gasteiger partial charge in [0.25, 0.3) is 0 Å². The van der Waals surface area contributed by atoms with E-state index in [9.17, 15) is 9.90 Å². The molecule has 17 heavy (non-hydrogen) atoms. The lowest BCUT2D eigenvalue weighted by atomic mass is 9.90. The number of hydrogen-bond donors (Lipinski definition) is 1. The van der Waals surface area contributed by atoms with Gasteiger partial charge in [-0.1, -0.05) is 25.1 Å². The fourth-order valence-corrected chi connectivity index (χ4v) is 1.77. The lowest BCUT2D eigenvalue weighted by Crippen LogP contribution is -2.34. The second-order valence-electron chi connectivity index (χ2n) is 4.36. The topological polar surface area (TPSA) is 50.2 Å². The van der Waals surface area contributed by atoms with Crippen molar-refractivity contribution in [2.75, 3.05) is 0 Å². The first kappa shape index (κ1) is 11.7. The number of rotatable bonds is 3. The predicted octanol–water partition coefficient (Wildman–Crippen LogP) is 2.58. The van der Waals surface area contributed by atoms with E-state index in [-0.39, 0.29) is 5.78 Å². The van der Waals surface area contributed by atoms with Gasteiger partial charge in [0.15, 0.2) is 5.78 Å². The van der Waals surface area contributed by atoms with Crippen LogP contribution in [0.2, 0.25) is 0 Å². The fourth-order valence-electron chi connectivity index (χ4n) is 1.77. The van der Waals surface area contributed by atoms with E-state index >= 15 is 0 Å². The SMILES string of the molecule is CCC(C)(O)C(=O)c1cccc2cnccc12. The average Bonchev–Trinajstić information content (AvgIpc) is 2.37. The Morgan fingerprint density at radius 1 is 1.41 bits per heavy atom. The Morgan fingerprint density at radius 3 is 2.88 bits per heavy atom. The van der Waals surface area contributed by atoms with Crippen LogP contribution in [-0.4, -0.2) is 21.5 Å². The molecule has 1 aromatic heterocycles. The van der Waals surface area contributed by atoms with Gasteiger partial charge in [-0.2, -0.15) is 0 Å². The Balaban J connectivity index is 2.60. The molecule has 0 amide bonds. The number of aromatic nitrogens is 1. The van der Waals surface area contributed by atoms with E-state index in [1.807, 2.05) is 12.1 Å². The van der Waals surface area contributed by atoms with Crippen molar-refractivity contribution in [2.24, 2.45) is 0 Å². The first-order chi connectivity index (χ1) is 8.06. The zero-order valence-electron chi connectivity index (χ0n) is 9.97. The molecule has 0 radical (unpaired) electrons. The Morgan fingerprint density at radius 2 is 2.18 bits per heavy atom. The van der Waals surface area contributed by atoms with Gasteiger partial charge in [-0.3, -0.25) is 9.78 Å². The molecule has 0 aliphatic carbocycles. The highest BCUT2D eigenvalue weighted by Gasteiger charge is 2.29. The Kier molecular flexibility index (Phi) is 2.94. The number of ketones is 1. The van der Waals surface area contributed by atoms with Crippen LogP contribution in [0.5, 0.6) is 0 Å². The molecular weight excluding hydrogens is 214 g/mol. The third kappa shape index (κ3) is 2.06. The summed E-state index contributed by atoms with van der Waals surface area (Å²) in [4.78, 5) is 16.3. The summed E-state index contributed by atoms with van der Waals surface area (Å²) in [6.07, 6.45) is 3.76. The van der Waals surface area contributed by atoms with E-state index in [0.29, 0.717) is 12.0 Å². The maximum atomic E-state index is 12.2. The van der Waals surface area contributed by atoms with Crippen LogP contribution in [0.25, 0.3) is 10.8 Å². The smallest absolute Gasteiger partial charge is 0.194 e. The number of pyridine rings is 1. The highest BCUT2D eigenvalue weighted by atomic mass is 16.3. The lowest BCUT2D eigenvalue weighted by molar-refractivity contribution is 0.0392. The summed E-state index contributed by atoms with van der Waals surface area (Å²) in [5.74, 6) is -0.239. The highest BCUT2D eigenvalue weighted by Crippen LogP contribution is 2.23. The van der Waals surface area contributed by atoms with Crippen molar-refractivity contribution in [1.29, 1.82) is 0 Å². The number of carbonyl (C=O) groups excluding carboxylic acids is 1. The Hall–Kier alpha value is -1.74. The van der Waals surface area contributed by atoms with Crippen LogP contribution >= 0.6 is 0 Å². The van der Waals surface area contributed by atoms with Crippen LogP contribution in [0.3, 0.4) is 0 Å². The molecule has 1 aromatic carbocycles. The largest absolute Gasteiger partial charge is 0.382 e. The van der Waals surface area contributed by atoms with Crippen molar-refractivity contribution in [3.8, 4) is 0 Å². The minimum Gasteiger partial charge on any atom is -0.382 e. The van der Waals surface area contributed by atoms with E-state index in [0.717, 1.165) is 10.8 Å². The van der Waals surface area contributed by atoms with Gasteiger partial charge in [0.2, 0.25) is 0 Å². The number of carbonyl (C=O) groups is 1. The van der Waals surface area contributed by atoms with Gasteiger partial charge in [-0.15, -0.1) is 0 Å². The molecule has 0 spiro atoms. The quantitative estimate of drug-likeness (QED) is 0.823. The number of Topliss-reactive ketones (excluding diaryl/α,β-unsaturated/α-hetero) is 1. The van der Waals surface area contributed by atoms with Gasteiger partial charge in [0.1, 0.15) is 5.60 Å². The zero-order valence-corrected chi connectivity index (χ0v) is 9.97. The first-order valence-electron chi connectivity index (χ1n) is 5.66. The molecule has 1 unspecified atom stereocenters. The molecule has 1 atom stereocenters. The average molecular weight is 229 g/mol. The number of fused-ring (bicyclic) bond motifs is 1. The van der Waals surface area contributed by atoms with Crippen molar-refractivity contribution in [3.63, 3.8) is 0 Å². The molecule has 2 aromatic rings. The summed E-state index contributed by atoms with van der Waals surface area (Å²) in [5.41, 5.74) is -0.755. The van der Waals surface area contributed by atoms with Gasteiger partial charge in [-0.25, -0.2) is 0 Å². The maximum absolute atomic E-state index is 12.2. The second kappa shape index (κ2) is 4.26. The van der Waals surface area contributed by atoms with E-state index in [4.69, 9.17) is 0 Å². The minimum atomic E-state index is -1.31. The maximum Gasteiger partial charge on any atom is 0.194 e. The molecule has 1 N–H and O–H groups in total. The number of aliphatic hydroxyl groups is 1. The van der Waals surface area contributed by atoms with Crippen LogP contribution in [0.1, 0.15) is 30.6 Å². The molecule has 0 bridgehead atoms. The van der Waals surface area contributed by atoms with Crippen LogP contribution in [0.4, 0.5) is 0 Å². The second-order valence-corrected chi connectivity index (χ2v) is 4.36. The molecular formula is C14H15NO2. The summed E-state index contributed by atoms with van der Waals surface area (Å²) < 4.78 is 0. The third-order valence-corrected chi connectivity index (χ3v) is 3.10. The van der Waals surface area contributed by atoms with Gasteiger partial charge in [-0.05, 0) is 24.8 Å². The van der Waals surface area contributed by atoms with Gasteiger partial charge in [0.05, 0.1) is 0 Å². The van der Waals surface area contributed by atoms with E-state index < -0.39 is 5.60 Å². The van der Waals surface area contributed by atoms with Crippen LogP contribution in [0, 0.1) is 0 Å². The molecule has 0 aliphatic rings. The molecule has 88 valence electrons. The molecule has 3 nitrogen and oxygen atoms in total. The molecule has 3 heteroatoms.